The molecule has 0 atom stereocenters. The van der Waals surface area contributed by atoms with Gasteiger partial charge in [0.25, 0.3) is 0 Å². The van der Waals surface area contributed by atoms with E-state index in [9.17, 15) is 22.8 Å². The average Bonchev–Trinajstić information content (AvgIpc) is 2.70. The van der Waals surface area contributed by atoms with Crippen molar-refractivity contribution in [1.82, 2.24) is 0 Å². The third kappa shape index (κ3) is 4.15. The summed E-state index contributed by atoms with van der Waals surface area (Å²) in [5.74, 6) is -2.50. The van der Waals surface area contributed by atoms with Crippen LogP contribution in [-0.4, -0.2) is 67.2 Å². The first-order valence-corrected chi connectivity index (χ1v) is 9.72. The number of methoxy groups -OCH3 is 3. The van der Waals surface area contributed by atoms with Gasteiger partial charge in [-0.05, 0) is 18.2 Å². The number of carbonyl (C=O) groups is 3. The van der Waals surface area contributed by atoms with Crippen molar-refractivity contribution in [1.29, 1.82) is 0 Å². The van der Waals surface area contributed by atoms with Crippen molar-refractivity contribution in [2.24, 2.45) is 0 Å². The Hall–Kier alpha value is -2.92. The predicted molar refractivity (Wildman–Crippen MR) is 95.2 cm³/mol. The lowest BCUT2D eigenvalue weighted by Crippen LogP contribution is -2.39. The Morgan fingerprint density at radius 3 is 2.14 bits per heavy atom. The van der Waals surface area contributed by atoms with E-state index in [1.54, 1.807) is 0 Å². The molecule has 11 heteroatoms. The quantitative estimate of drug-likeness (QED) is 0.490. The van der Waals surface area contributed by atoms with Crippen LogP contribution < -0.4 is 4.90 Å². The van der Waals surface area contributed by atoms with Crippen LogP contribution in [0.1, 0.15) is 10.4 Å². The summed E-state index contributed by atoms with van der Waals surface area (Å²) < 4.78 is 43.2. The van der Waals surface area contributed by atoms with Crippen LogP contribution in [0.5, 0.6) is 0 Å². The van der Waals surface area contributed by atoms with Crippen LogP contribution in [0.2, 0.25) is 0 Å². The van der Waals surface area contributed by atoms with Gasteiger partial charge in [0.1, 0.15) is 12.4 Å². The first kappa shape index (κ1) is 21.4. The monoisotopic (exact) mass is 413 g/mol. The Bertz CT molecular complexity index is 949. The predicted octanol–water partition coefficient (Wildman–Crippen LogP) is 0.271. The zero-order chi connectivity index (χ0) is 21.1. The maximum atomic E-state index is 12.4. The number of hydrogen-bond donors (Lipinski definition) is 0. The lowest BCUT2D eigenvalue weighted by Gasteiger charge is -2.32. The zero-order valence-electron chi connectivity index (χ0n) is 15.7. The number of hydrogen-bond acceptors (Lipinski definition) is 10. The minimum atomic E-state index is -3.61. The van der Waals surface area contributed by atoms with Gasteiger partial charge < -0.3 is 23.8 Å². The normalized spacial score (nSPS) is 14.5. The molecule has 2 rings (SSSR count). The Morgan fingerprint density at radius 1 is 1.00 bits per heavy atom. The number of anilines is 1. The molecule has 0 saturated carbocycles. The minimum absolute atomic E-state index is 0.0979. The molecule has 1 aromatic carbocycles. The molecule has 0 N–H and O–H groups in total. The van der Waals surface area contributed by atoms with E-state index in [1.807, 2.05) is 0 Å². The van der Waals surface area contributed by atoms with E-state index in [2.05, 4.69) is 4.74 Å². The summed E-state index contributed by atoms with van der Waals surface area (Å²) in [6.07, 6.45) is 0.988. The summed E-state index contributed by atoms with van der Waals surface area (Å²) in [6.45, 7) is -0.407. The highest BCUT2D eigenvalue weighted by atomic mass is 32.2. The molecular formula is C17H19NO9S. The molecule has 0 radical (unpaired) electrons. The van der Waals surface area contributed by atoms with Gasteiger partial charge in [-0.1, -0.05) is 0 Å². The van der Waals surface area contributed by atoms with Crippen LogP contribution in [0.4, 0.5) is 5.69 Å². The molecule has 0 amide bonds. The van der Waals surface area contributed by atoms with E-state index in [0.717, 1.165) is 33.7 Å². The third-order valence-electron chi connectivity index (χ3n) is 3.93. The van der Waals surface area contributed by atoms with Gasteiger partial charge in [-0.15, -0.1) is 0 Å². The van der Waals surface area contributed by atoms with Crippen LogP contribution >= 0.6 is 0 Å². The molecule has 0 saturated heterocycles. The van der Waals surface area contributed by atoms with E-state index in [4.69, 9.17) is 14.2 Å². The number of sulfone groups is 1. The van der Waals surface area contributed by atoms with Crippen LogP contribution in [0.25, 0.3) is 0 Å². The number of ether oxygens (including phenoxy) is 4. The van der Waals surface area contributed by atoms with Crippen LogP contribution in [-0.2, 0) is 38.4 Å². The van der Waals surface area contributed by atoms with Crippen molar-refractivity contribution in [3.8, 4) is 0 Å². The summed E-state index contributed by atoms with van der Waals surface area (Å²) in [7, 11) is -0.211. The number of benzene rings is 1. The largest absolute Gasteiger partial charge is 0.466 e. The number of nitrogens with zero attached hydrogens (tertiary/aromatic N) is 1. The second-order valence-electron chi connectivity index (χ2n) is 5.66. The molecule has 10 nitrogen and oxygen atoms in total. The van der Waals surface area contributed by atoms with Crippen LogP contribution in [0, 0.1) is 0 Å². The van der Waals surface area contributed by atoms with Crippen molar-refractivity contribution in [3.05, 3.63) is 35.0 Å². The van der Waals surface area contributed by atoms with Crippen LogP contribution in [0.3, 0.4) is 0 Å². The maximum Gasteiger partial charge on any atom is 0.355 e. The van der Waals surface area contributed by atoms with Gasteiger partial charge in [0.05, 0.1) is 49.7 Å². The highest BCUT2D eigenvalue weighted by molar-refractivity contribution is 7.90. The number of carbonyl (C=O) groups excluding carboxylic acids is 3. The maximum absolute atomic E-state index is 12.4. The van der Waals surface area contributed by atoms with Gasteiger partial charge in [0, 0.05) is 6.26 Å². The van der Waals surface area contributed by atoms with Gasteiger partial charge in [-0.3, -0.25) is 0 Å². The first-order valence-electron chi connectivity index (χ1n) is 7.83. The first-order chi connectivity index (χ1) is 13.1. The second-order valence-corrected chi connectivity index (χ2v) is 7.67. The molecule has 28 heavy (non-hydrogen) atoms. The molecule has 0 unspecified atom stereocenters. The van der Waals surface area contributed by atoms with Crippen molar-refractivity contribution < 1.29 is 41.7 Å². The minimum Gasteiger partial charge on any atom is -0.466 e. The SMILES string of the molecule is COC(=O)C1=C(C(=O)OC)N(c2ccc(S(C)(=O)=O)cc2C(=O)OC)COC1. The molecule has 0 bridgehead atoms. The molecule has 152 valence electrons. The van der Waals surface area contributed by atoms with Gasteiger partial charge in [0.2, 0.25) is 0 Å². The Balaban J connectivity index is 2.74. The van der Waals surface area contributed by atoms with Crippen molar-refractivity contribution >= 4 is 33.4 Å². The van der Waals surface area contributed by atoms with E-state index < -0.39 is 27.7 Å². The third-order valence-corrected chi connectivity index (χ3v) is 5.04. The molecule has 0 fully saturated rings. The fourth-order valence-electron chi connectivity index (χ4n) is 2.59. The average molecular weight is 413 g/mol. The fraction of sp³-hybridized carbons (Fsp3) is 0.353. The highest BCUT2D eigenvalue weighted by Gasteiger charge is 2.34. The molecule has 1 aliphatic rings. The van der Waals surface area contributed by atoms with Crippen molar-refractivity contribution in [3.63, 3.8) is 0 Å². The molecule has 0 aliphatic carbocycles. The zero-order valence-corrected chi connectivity index (χ0v) is 16.5. The van der Waals surface area contributed by atoms with Gasteiger partial charge in [0.15, 0.2) is 9.84 Å². The number of esters is 3. The summed E-state index contributed by atoms with van der Waals surface area (Å²) in [5.41, 5.74) is -0.330. The Labute approximate surface area is 161 Å². The summed E-state index contributed by atoms with van der Waals surface area (Å²) in [6, 6.07) is 3.70. The standard InChI is InChI=1S/C17H19NO9S/c1-24-15(19)11-7-10(28(4,22)23)5-6-13(11)18-9-27-8-12(16(20)25-2)14(18)17(21)26-3/h5-7H,8-9H2,1-4H3. The van der Waals surface area contributed by atoms with Gasteiger partial charge >= 0.3 is 17.9 Å². The van der Waals surface area contributed by atoms with Crippen molar-refractivity contribution in [2.75, 3.05) is 45.8 Å². The topological polar surface area (TPSA) is 126 Å². The lowest BCUT2D eigenvalue weighted by atomic mass is 10.1. The molecule has 1 heterocycles. The second kappa shape index (κ2) is 8.40. The molecule has 1 aliphatic heterocycles. The summed E-state index contributed by atoms with van der Waals surface area (Å²) in [5, 5.41) is 0. The highest BCUT2D eigenvalue weighted by Crippen LogP contribution is 2.31. The molecule has 0 aromatic heterocycles. The molecule has 1 aromatic rings. The Morgan fingerprint density at radius 2 is 1.61 bits per heavy atom. The number of rotatable bonds is 5. The van der Waals surface area contributed by atoms with Gasteiger partial charge in [-0.2, -0.15) is 0 Å². The molecular weight excluding hydrogens is 394 g/mol. The Kier molecular flexibility index (Phi) is 6.41. The van der Waals surface area contributed by atoms with E-state index in [0.29, 0.717) is 0 Å². The summed E-state index contributed by atoms with van der Waals surface area (Å²) >= 11 is 0. The fourth-order valence-corrected chi connectivity index (χ4v) is 3.24. The lowest BCUT2D eigenvalue weighted by molar-refractivity contribution is -0.140. The molecule has 0 spiro atoms. The van der Waals surface area contributed by atoms with E-state index in [-0.39, 0.29) is 40.8 Å². The smallest absolute Gasteiger partial charge is 0.355 e. The van der Waals surface area contributed by atoms with Crippen LogP contribution in [0.15, 0.2) is 34.4 Å². The van der Waals surface area contributed by atoms with E-state index >= 15 is 0 Å². The summed E-state index contributed by atoms with van der Waals surface area (Å²) in [4.78, 5) is 37.8. The van der Waals surface area contributed by atoms with E-state index in [1.165, 1.54) is 17.0 Å². The van der Waals surface area contributed by atoms with Crippen molar-refractivity contribution in [2.45, 2.75) is 4.90 Å². The van der Waals surface area contributed by atoms with Gasteiger partial charge in [-0.25, -0.2) is 22.8 Å².